The summed E-state index contributed by atoms with van der Waals surface area (Å²) in [6.45, 7) is 1.51. The molecule has 0 saturated heterocycles. The summed E-state index contributed by atoms with van der Waals surface area (Å²) in [5.74, 6) is 0.129. The number of carbonyl (C=O) groups is 1. The molecule has 1 aliphatic rings. The van der Waals surface area contributed by atoms with Gasteiger partial charge in [0.05, 0.1) is 12.1 Å². The smallest absolute Gasteiger partial charge is 0.242 e. The lowest BCUT2D eigenvalue weighted by Gasteiger charge is -2.27. The van der Waals surface area contributed by atoms with Crippen molar-refractivity contribution in [3.05, 3.63) is 52.2 Å². The van der Waals surface area contributed by atoms with E-state index in [1.807, 2.05) is 4.90 Å². The molecule has 2 aromatic heterocycles. The summed E-state index contributed by atoms with van der Waals surface area (Å²) in [5.41, 5.74) is 1.87. The highest BCUT2D eigenvalue weighted by Gasteiger charge is 2.21. The number of nitrogens with one attached hydrogen (secondary N) is 1. The maximum Gasteiger partial charge on any atom is 0.242 e. The molecular formula is C17H15FN4OS. The fourth-order valence-corrected chi connectivity index (χ4v) is 3.79. The Kier molecular flexibility index (Phi) is 3.86. The Labute approximate surface area is 142 Å². The normalized spacial score (nSPS) is 13.8. The van der Waals surface area contributed by atoms with Crippen molar-refractivity contribution in [3.63, 3.8) is 0 Å². The van der Waals surface area contributed by atoms with Crippen molar-refractivity contribution in [3.8, 4) is 0 Å². The molecule has 4 rings (SSSR count). The number of thiophene rings is 1. The summed E-state index contributed by atoms with van der Waals surface area (Å²) < 4.78 is 13.5. The zero-order valence-corrected chi connectivity index (χ0v) is 13.6. The van der Waals surface area contributed by atoms with E-state index in [1.165, 1.54) is 28.9 Å². The SMILES string of the molecule is O=C(CNc1ncnc2ccc(F)cc12)N1CCc2sccc2C1. The van der Waals surface area contributed by atoms with E-state index < -0.39 is 0 Å². The molecule has 0 spiro atoms. The van der Waals surface area contributed by atoms with Crippen molar-refractivity contribution in [2.24, 2.45) is 0 Å². The average Bonchev–Trinajstić information content (AvgIpc) is 3.07. The molecule has 0 unspecified atom stereocenters. The number of benzene rings is 1. The lowest BCUT2D eigenvalue weighted by molar-refractivity contribution is -0.130. The lowest BCUT2D eigenvalue weighted by Crippen LogP contribution is -2.38. The molecular weight excluding hydrogens is 327 g/mol. The molecule has 0 saturated carbocycles. The summed E-state index contributed by atoms with van der Waals surface area (Å²) >= 11 is 1.75. The van der Waals surface area contributed by atoms with Crippen LogP contribution in [0.5, 0.6) is 0 Å². The van der Waals surface area contributed by atoms with Crippen molar-refractivity contribution in [1.29, 1.82) is 0 Å². The zero-order chi connectivity index (χ0) is 16.5. The van der Waals surface area contributed by atoms with Gasteiger partial charge in [0.25, 0.3) is 0 Å². The van der Waals surface area contributed by atoms with Gasteiger partial charge < -0.3 is 10.2 Å². The molecule has 0 radical (unpaired) electrons. The number of rotatable bonds is 3. The Hall–Kier alpha value is -2.54. The van der Waals surface area contributed by atoms with Gasteiger partial charge in [0.15, 0.2) is 0 Å². The average molecular weight is 342 g/mol. The number of hydrogen-bond donors (Lipinski definition) is 1. The van der Waals surface area contributed by atoms with Crippen LogP contribution in [0, 0.1) is 5.82 Å². The fourth-order valence-electron chi connectivity index (χ4n) is 2.90. The molecule has 1 amide bonds. The molecule has 3 heterocycles. The standard InChI is InChI=1S/C17H15FN4OS/c18-12-1-2-14-13(7-12)17(21-10-20-14)19-8-16(23)22-5-3-15-11(9-22)4-6-24-15/h1-2,4,6-7,10H,3,5,8-9H2,(H,19,20,21). The topological polar surface area (TPSA) is 58.1 Å². The van der Waals surface area contributed by atoms with Crippen LogP contribution in [0.15, 0.2) is 36.0 Å². The van der Waals surface area contributed by atoms with E-state index in [0.29, 0.717) is 23.3 Å². The van der Waals surface area contributed by atoms with Crippen LogP contribution in [-0.4, -0.2) is 33.9 Å². The van der Waals surface area contributed by atoms with E-state index in [9.17, 15) is 9.18 Å². The Balaban J connectivity index is 1.47. The highest BCUT2D eigenvalue weighted by atomic mass is 32.1. The van der Waals surface area contributed by atoms with E-state index >= 15 is 0 Å². The monoisotopic (exact) mass is 342 g/mol. The van der Waals surface area contributed by atoms with Gasteiger partial charge in [-0.2, -0.15) is 0 Å². The van der Waals surface area contributed by atoms with Gasteiger partial charge in [-0.05, 0) is 41.6 Å². The predicted octanol–water partition coefficient (Wildman–Crippen LogP) is 2.83. The summed E-state index contributed by atoms with van der Waals surface area (Å²) in [7, 11) is 0. The first-order valence-corrected chi connectivity index (χ1v) is 8.56. The fraction of sp³-hybridized carbons (Fsp3) is 0.235. The Morgan fingerprint density at radius 2 is 2.25 bits per heavy atom. The second-order valence-corrected chi connectivity index (χ2v) is 6.67. The molecule has 0 bridgehead atoms. The van der Waals surface area contributed by atoms with Crippen molar-refractivity contribution in [2.45, 2.75) is 13.0 Å². The third-order valence-electron chi connectivity index (χ3n) is 4.16. The van der Waals surface area contributed by atoms with Gasteiger partial charge in [0.1, 0.15) is 18.0 Å². The second kappa shape index (κ2) is 6.16. The number of aromatic nitrogens is 2. The summed E-state index contributed by atoms with van der Waals surface area (Å²) in [5, 5.41) is 5.66. The molecule has 0 fully saturated rings. The third-order valence-corrected chi connectivity index (χ3v) is 5.19. The zero-order valence-electron chi connectivity index (χ0n) is 12.8. The second-order valence-electron chi connectivity index (χ2n) is 5.67. The minimum atomic E-state index is -0.354. The molecule has 0 aliphatic carbocycles. The van der Waals surface area contributed by atoms with Crippen LogP contribution in [0.3, 0.4) is 0 Å². The maximum absolute atomic E-state index is 13.5. The minimum Gasteiger partial charge on any atom is -0.360 e. The number of fused-ring (bicyclic) bond motifs is 2. The molecule has 24 heavy (non-hydrogen) atoms. The number of anilines is 1. The Morgan fingerprint density at radius 1 is 1.33 bits per heavy atom. The van der Waals surface area contributed by atoms with Crippen LogP contribution in [0.1, 0.15) is 10.4 Å². The lowest BCUT2D eigenvalue weighted by atomic mass is 10.1. The Morgan fingerprint density at radius 3 is 3.17 bits per heavy atom. The molecule has 0 atom stereocenters. The highest BCUT2D eigenvalue weighted by molar-refractivity contribution is 7.10. The molecule has 3 aromatic rings. The quantitative estimate of drug-likeness (QED) is 0.795. The van der Waals surface area contributed by atoms with E-state index in [2.05, 4.69) is 26.7 Å². The van der Waals surface area contributed by atoms with E-state index in [1.54, 1.807) is 17.4 Å². The van der Waals surface area contributed by atoms with Gasteiger partial charge in [0.2, 0.25) is 5.91 Å². The van der Waals surface area contributed by atoms with Crippen molar-refractivity contribution in [1.82, 2.24) is 14.9 Å². The van der Waals surface area contributed by atoms with Crippen LogP contribution in [0.4, 0.5) is 10.2 Å². The number of carbonyl (C=O) groups excluding carboxylic acids is 1. The van der Waals surface area contributed by atoms with E-state index in [4.69, 9.17) is 0 Å². The van der Waals surface area contributed by atoms with Gasteiger partial charge in [-0.15, -0.1) is 11.3 Å². The largest absolute Gasteiger partial charge is 0.360 e. The first-order valence-electron chi connectivity index (χ1n) is 7.68. The van der Waals surface area contributed by atoms with Gasteiger partial charge in [0, 0.05) is 23.4 Å². The van der Waals surface area contributed by atoms with Gasteiger partial charge in [-0.25, -0.2) is 14.4 Å². The molecule has 7 heteroatoms. The van der Waals surface area contributed by atoms with E-state index in [0.717, 1.165) is 13.0 Å². The van der Waals surface area contributed by atoms with Crippen LogP contribution >= 0.6 is 11.3 Å². The minimum absolute atomic E-state index is 0.00927. The number of nitrogens with zero attached hydrogens (tertiary/aromatic N) is 3. The molecule has 122 valence electrons. The van der Waals surface area contributed by atoms with Crippen LogP contribution < -0.4 is 5.32 Å². The molecule has 1 aromatic carbocycles. The maximum atomic E-state index is 13.5. The van der Waals surface area contributed by atoms with Crippen LogP contribution in [-0.2, 0) is 17.8 Å². The molecule has 1 N–H and O–H groups in total. The molecule has 5 nitrogen and oxygen atoms in total. The number of hydrogen-bond acceptors (Lipinski definition) is 5. The number of halogens is 1. The van der Waals surface area contributed by atoms with E-state index in [-0.39, 0.29) is 18.3 Å². The first-order chi connectivity index (χ1) is 11.7. The number of amides is 1. The van der Waals surface area contributed by atoms with Crippen LogP contribution in [0.2, 0.25) is 0 Å². The van der Waals surface area contributed by atoms with Crippen LogP contribution in [0.25, 0.3) is 10.9 Å². The van der Waals surface area contributed by atoms with Crippen molar-refractivity contribution in [2.75, 3.05) is 18.4 Å². The predicted molar refractivity (Wildman–Crippen MR) is 91.4 cm³/mol. The first kappa shape index (κ1) is 15.0. The highest BCUT2D eigenvalue weighted by Crippen LogP contribution is 2.24. The Bertz CT molecular complexity index is 910. The van der Waals surface area contributed by atoms with Gasteiger partial charge >= 0.3 is 0 Å². The summed E-state index contributed by atoms with van der Waals surface area (Å²) in [4.78, 5) is 23.9. The third kappa shape index (κ3) is 2.82. The van der Waals surface area contributed by atoms with Crippen molar-refractivity contribution < 1.29 is 9.18 Å². The van der Waals surface area contributed by atoms with Gasteiger partial charge in [-0.1, -0.05) is 0 Å². The summed E-state index contributed by atoms with van der Waals surface area (Å²) in [6, 6.07) is 6.41. The van der Waals surface area contributed by atoms with Crippen molar-refractivity contribution >= 4 is 34.0 Å². The van der Waals surface area contributed by atoms with Gasteiger partial charge in [-0.3, -0.25) is 4.79 Å². The summed E-state index contributed by atoms with van der Waals surface area (Å²) in [6.07, 6.45) is 2.31. The molecule has 1 aliphatic heterocycles.